The van der Waals surface area contributed by atoms with Crippen molar-refractivity contribution in [3.05, 3.63) is 70.9 Å². The predicted molar refractivity (Wildman–Crippen MR) is 117 cm³/mol. The highest BCUT2D eigenvalue weighted by Gasteiger charge is 2.19. The van der Waals surface area contributed by atoms with Gasteiger partial charge in [0.1, 0.15) is 0 Å². The summed E-state index contributed by atoms with van der Waals surface area (Å²) in [6, 6.07) is 13.1. The second kappa shape index (κ2) is 9.58. The van der Waals surface area contributed by atoms with Gasteiger partial charge in [-0.3, -0.25) is 9.59 Å². The number of carbonyl (C=O) groups excluding carboxylic acids is 2. The number of anilines is 1. The van der Waals surface area contributed by atoms with Gasteiger partial charge in [-0.25, -0.2) is 0 Å². The zero-order valence-corrected chi connectivity index (χ0v) is 18.2. The SMILES string of the molecule is Cc1nc(CSc2ccccc2C(=O)N(C)CC(=O)Nc2c(C)cccc2C)no1. The number of hydrogen-bond acceptors (Lipinski definition) is 6. The van der Waals surface area contributed by atoms with Crippen LogP contribution in [-0.4, -0.2) is 40.4 Å². The van der Waals surface area contributed by atoms with Crippen molar-refractivity contribution < 1.29 is 14.1 Å². The minimum absolute atomic E-state index is 0.0460. The van der Waals surface area contributed by atoms with Gasteiger partial charge in [0.05, 0.1) is 17.9 Å². The lowest BCUT2D eigenvalue weighted by Gasteiger charge is -2.19. The molecule has 7 nitrogen and oxygen atoms in total. The van der Waals surface area contributed by atoms with Crippen LogP contribution >= 0.6 is 11.8 Å². The van der Waals surface area contributed by atoms with Crippen molar-refractivity contribution in [2.24, 2.45) is 0 Å². The van der Waals surface area contributed by atoms with Crippen LogP contribution in [0.1, 0.15) is 33.2 Å². The fourth-order valence-corrected chi connectivity index (χ4v) is 3.88. The van der Waals surface area contributed by atoms with Crippen LogP contribution < -0.4 is 5.32 Å². The normalized spacial score (nSPS) is 10.7. The van der Waals surface area contributed by atoms with Gasteiger partial charge in [-0.15, -0.1) is 11.8 Å². The van der Waals surface area contributed by atoms with Crippen molar-refractivity contribution in [1.29, 1.82) is 0 Å². The topological polar surface area (TPSA) is 88.3 Å². The second-order valence-electron chi connectivity index (χ2n) is 6.99. The molecule has 0 aliphatic heterocycles. The molecule has 0 aliphatic carbocycles. The number of para-hydroxylation sites is 1. The lowest BCUT2D eigenvalue weighted by Crippen LogP contribution is -2.35. The minimum Gasteiger partial charge on any atom is -0.340 e. The van der Waals surface area contributed by atoms with E-state index in [1.165, 1.54) is 16.7 Å². The van der Waals surface area contributed by atoms with E-state index in [4.69, 9.17) is 4.52 Å². The summed E-state index contributed by atoms with van der Waals surface area (Å²) in [5, 5.41) is 6.79. The van der Waals surface area contributed by atoms with E-state index in [2.05, 4.69) is 15.5 Å². The highest BCUT2D eigenvalue weighted by molar-refractivity contribution is 7.98. The van der Waals surface area contributed by atoms with E-state index in [1.807, 2.05) is 44.2 Å². The predicted octanol–water partition coefficient (Wildman–Crippen LogP) is 4.00. The molecule has 0 radical (unpaired) electrons. The van der Waals surface area contributed by atoms with Crippen molar-refractivity contribution in [2.75, 3.05) is 18.9 Å². The van der Waals surface area contributed by atoms with Crippen LogP contribution in [0.15, 0.2) is 51.9 Å². The van der Waals surface area contributed by atoms with Crippen LogP contribution in [0.25, 0.3) is 0 Å². The van der Waals surface area contributed by atoms with Gasteiger partial charge in [-0.05, 0) is 37.1 Å². The lowest BCUT2D eigenvalue weighted by atomic mass is 10.1. The molecule has 0 atom stereocenters. The van der Waals surface area contributed by atoms with Crippen LogP contribution in [0, 0.1) is 20.8 Å². The van der Waals surface area contributed by atoms with Crippen molar-refractivity contribution in [1.82, 2.24) is 15.0 Å². The molecule has 2 aromatic carbocycles. The number of aromatic nitrogens is 2. The Morgan fingerprint density at radius 2 is 1.77 bits per heavy atom. The quantitative estimate of drug-likeness (QED) is 0.577. The summed E-state index contributed by atoms with van der Waals surface area (Å²) >= 11 is 1.45. The fourth-order valence-electron chi connectivity index (χ4n) is 2.99. The van der Waals surface area contributed by atoms with Crippen LogP contribution in [0.5, 0.6) is 0 Å². The third kappa shape index (κ3) is 5.27. The number of thioether (sulfide) groups is 1. The fraction of sp³-hybridized carbons (Fsp3) is 0.273. The van der Waals surface area contributed by atoms with Gasteiger partial charge in [-0.1, -0.05) is 35.5 Å². The molecule has 8 heteroatoms. The number of nitrogens with zero attached hydrogens (tertiary/aromatic N) is 3. The monoisotopic (exact) mass is 424 g/mol. The Labute approximate surface area is 179 Å². The number of carbonyl (C=O) groups is 2. The van der Waals surface area contributed by atoms with Gasteiger partial charge >= 0.3 is 0 Å². The Kier molecular flexibility index (Phi) is 6.89. The van der Waals surface area contributed by atoms with E-state index < -0.39 is 0 Å². The highest BCUT2D eigenvalue weighted by atomic mass is 32.2. The number of rotatable bonds is 7. The molecule has 3 rings (SSSR count). The molecular formula is C22H24N4O3S. The van der Waals surface area contributed by atoms with E-state index in [0.717, 1.165) is 21.7 Å². The second-order valence-corrected chi connectivity index (χ2v) is 8.01. The maximum Gasteiger partial charge on any atom is 0.255 e. The number of hydrogen-bond donors (Lipinski definition) is 1. The van der Waals surface area contributed by atoms with Crippen LogP contribution in [0.2, 0.25) is 0 Å². The molecule has 0 fully saturated rings. The zero-order chi connectivity index (χ0) is 21.7. The summed E-state index contributed by atoms with van der Waals surface area (Å²) in [4.78, 5) is 31.9. The van der Waals surface area contributed by atoms with E-state index in [1.54, 1.807) is 26.1 Å². The molecule has 30 heavy (non-hydrogen) atoms. The molecule has 1 N–H and O–H groups in total. The first-order chi connectivity index (χ1) is 14.3. The summed E-state index contributed by atoms with van der Waals surface area (Å²) in [6.45, 7) is 5.57. The van der Waals surface area contributed by atoms with E-state index in [9.17, 15) is 9.59 Å². The van der Waals surface area contributed by atoms with E-state index in [0.29, 0.717) is 23.0 Å². The van der Waals surface area contributed by atoms with Gasteiger partial charge in [0.15, 0.2) is 5.82 Å². The number of benzene rings is 2. The highest BCUT2D eigenvalue weighted by Crippen LogP contribution is 2.26. The number of amides is 2. The van der Waals surface area contributed by atoms with Gasteiger partial charge in [0.2, 0.25) is 11.8 Å². The number of likely N-dealkylation sites (N-methyl/N-ethyl adjacent to an activating group) is 1. The summed E-state index contributed by atoms with van der Waals surface area (Å²) in [7, 11) is 1.62. The van der Waals surface area contributed by atoms with Crippen molar-refractivity contribution in [3.8, 4) is 0 Å². The molecule has 0 saturated carbocycles. The maximum absolute atomic E-state index is 13.0. The number of nitrogens with one attached hydrogen (secondary N) is 1. The Morgan fingerprint density at radius 1 is 1.07 bits per heavy atom. The summed E-state index contributed by atoms with van der Waals surface area (Å²) < 4.78 is 4.98. The van der Waals surface area contributed by atoms with Crippen LogP contribution in [0.3, 0.4) is 0 Å². The molecular weight excluding hydrogens is 400 g/mol. The summed E-state index contributed by atoms with van der Waals surface area (Å²) in [5.74, 6) is 1.10. The van der Waals surface area contributed by atoms with Gasteiger partial charge in [0, 0.05) is 24.6 Å². The molecule has 0 saturated heterocycles. The van der Waals surface area contributed by atoms with E-state index >= 15 is 0 Å². The molecule has 3 aromatic rings. The standard InChI is InChI=1S/C22H24N4O3S/c1-14-8-7-9-15(2)21(14)24-20(27)12-26(4)22(28)17-10-5-6-11-18(17)30-13-19-23-16(3)29-25-19/h5-11H,12-13H2,1-4H3,(H,24,27). The average molecular weight is 425 g/mol. The molecule has 0 aliphatic rings. The third-order valence-corrected chi connectivity index (χ3v) is 5.59. The van der Waals surface area contributed by atoms with Crippen molar-refractivity contribution in [3.63, 3.8) is 0 Å². The summed E-state index contributed by atoms with van der Waals surface area (Å²) in [6.07, 6.45) is 0. The average Bonchev–Trinajstić information content (AvgIpc) is 3.14. The molecule has 156 valence electrons. The number of aryl methyl sites for hydroxylation is 3. The van der Waals surface area contributed by atoms with Crippen LogP contribution in [-0.2, 0) is 10.5 Å². The first-order valence-electron chi connectivity index (χ1n) is 9.47. The Bertz CT molecular complexity index is 1040. The Balaban J connectivity index is 1.66. The third-order valence-electron chi connectivity index (χ3n) is 4.52. The van der Waals surface area contributed by atoms with Gasteiger partial charge < -0.3 is 14.7 Å². The smallest absolute Gasteiger partial charge is 0.255 e. The summed E-state index contributed by atoms with van der Waals surface area (Å²) in [5.41, 5.74) is 3.28. The van der Waals surface area contributed by atoms with Gasteiger partial charge in [-0.2, -0.15) is 4.98 Å². The maximum atomic E-state index is 13.0. The van der Waals surface area contributed by atoms with Gasteiger partial charge in [0.25, 0.3) is 5.91 Å². The molecule has 0 bridgehead atoms. The van der Waals surface area contributed by atoms with Crippen molar-refractivity contribution >= 4 is 29.3 Å². The largest absolute Gasteiger partial charge is 0.340 e. The Morgan fingerprint density at radius 3 is 2.43 bits per heavy atom. The zero-order valence-electron chi connectivity index (χ0n) is 17.4. The van der Waals surface area contributed by atoms with Crippen LogP contribution in [0.4, 0.5) is 5.69 Å². The molecule has 1 heterocycles. The first kappa shape index (κ1) is 21.6. The van der Waals surface area contributed by atoms with Crippen molar-refractivity contribution in [2.45, 2.75) is 31.4 Å². The molecule has 0 spiro atoms. The Hall–Kier alpha value is -3.13. The molecule has 2 amide bonds. The minimum atomic E-state index is -0.240. The molecule has 0 unspecified atom stereocenters. The first-order valence-corrected chi connectivity index (χ1v) is 10.5. The lowest BCUT2D eigenvalue weighted by molar-refractivity contribution is -0.116. The molecule has 1 aromatic heterocycles. The van der Waals surface area contributed by atoms with E-state index in [-0.39, 0.29) is 18.4 Å².